The summed E-state index contributed by atoms with van der Waals surface area (Å²) >= 11 is 1.48. The number of pyridine rings is 1. The van der Waals surface area contributed by atoms with Gasteiger partial charge in [0.1, 0.15) is 16.6 Å². The molecule has 2 N–H and O–H groups in total. The van der Waals surface area contributed by atoms with E-state index in [1.54, 1.807) is 24.3 Å². The van der Waals surface area contributed by atoms with Crippen molar-refractivity contribution in [3.8, 4) is 5.75 Å². The van der Waals surface area contributed by atoms with Gasteiger partial charge < -0.3 is 19.8 Å². The van der Waals surface area contributed by atoms with E-state index in [-0.39, 0.29) is 17.4 Å². The van der Waals surface area contributed by atoms with Crippen molar-refractivity contribution in [2.24, 2.45) is 0 Å². The van der Waals surface area contributed by atoms with E-state index >= 15 is 0 Å². The molecule has 0 radical (unpaired) electrons. The van der Waals surface area contributed by atoms with Crippen LogP contribution in [0.4, 0.5) is 19.6 Å². The van der Waals surface area contributed by atoms with Crippen LogP contribution >= 0.6 is 11.3 Å². The first-order valence-electron chi connectivity index (χ1n) is 10.7. The van der Waals surface area contributed by atoms with Crippen molar-refractivity contribution in [3.63, 3.8) is 0 Å². The van der Waals surface area contributed by atoms with Crippen LogP contribution in [0.5, 0.6) is 5.75 Å². The van der Waals surface area contributed by atoms with E-state index in [1.165, 1.54) is 29.7 Å². The van der Waals surface area contributed by atoms with Gasteiger partial charge in [0, 0.05) is 16.1 Å². The van der Waals surface area contributed by atoms with E-state index in [4.69, 9.17) is 4.42 Å². The van der Waals surface area contributed by atoms with E-state index in [9.17, 15) is 13.6 Å². The van der Waals surface area contributed by atoms with Gasteiger partial charge in [0.2, 0.25) is 0 Å². The Morgan fingerprint density at radius 3 is 2.59 bits per heavy atom. The van der Waals surface area contributed by atoms with Gasteiger partial charge in [-0.3, -0.25) is 4.79 Å². The first-order chi connectivity index (χ1) is 16.4. The molecule has 0 fully saturated rings. The topological polar surface area (TPSA) is 76.4 Å². The highest BCUT2D eigenvalue weighted by atomic mass is 32.1. The second-order valence-corrected chi connectivity index (χ2v) is 8.61. The van der Waals surface area contributed by atoms with E-state index in [0.29, 0.717) is 10.8 Å². The third kappa shape index (κ3) is 5.60. The minimum Gasteiger partial charge on any atom is -0.459 e. The average Bonchev–Trinajstić information content (AvgIpc) is 3.48. The average molecular weight is 484 g/mol. The maximum Gasteiger partial charge on any atom is 0.387 e. The van der Waals surface area contributed by atoms with Crippen molar-refractivity contribution in [2.45, 2.75) is 32.9 Å². The van der Waals surface area contributed by atoms with Crippen molar-refractivity contribution >= 4 is 28.1 Å². The summed E-state index contributed by atoms with van der Waals surface area (Å²) in [5.41, 5.74) is 2.46. The molecule has 0 spiro atoms. The number of carbonyl (C=O) groups excluding carboxylic acids is 1. The van der Waals surface area contributed by atoms with Crippen LogP contribution < -0.4 is 15.4 Å². The Morgan fingerprint density at radius 2 is 1.94 bits per heavy atom. The number of ether oxygens (including phenoxy) is 1. The molecule has 6 nitrogen and oxygen atoms in total. The van der Waals surface area contributed by atoms with Gasteiger partial charge in [-0.2, -0.15) is 8.78 Å². The molecule has 9 heteroatoms. The molecule has 3 heterocycles. The van der Waals surface area contributed by atoms with Crippen LogP contribution in [0.1, 0.15) is 45.2 Å². The second-order valence-electron chi connectivity index (χ2n) is 7.47. The summed E-state index contributed by atoms with van der Waals surface area (Å²) in [4.78, 5) is 18.3. The molecule has 0 saturated heterocycles. The van der Waals surface area contributed by atoms with Crippen LogP contribution in [0.15, 0.2) is 71.3 Å². The Hall–Kier alpha value is -3.72. The number of nitrogens with zero attached hydrogens (tertiary/aromatic N) is 1. The number of furan rings is 1. The van der Waals surface area contributed by atoms with Gasteiger partial charge in [0.15, 0.2) is 5.76 Å². The summed E-state index contributed by atoms with van der Waals surface area (Å²) in [6.45, 7) is 1.03. The SMILES string of the molecule is CCc1cc([C@H](Nc2cccc(C)n2)c2ccc(OC(F)F)cc2)c(NC(=O)c2ccco2)s1. The monoisotopic (exact) mass is 483 g/mol. The van der Waals surface area contributed by atoms with E-state index in [1.807, 2.05) is 38.1 Å². The highest BCUT2D eigenvalue weighted by Crippen LogP contribution is 2.38. The fraction of sp³-hybridized carbons (Fsp3) is 0.200. The van der Waals surface area contributed by atoms with E-state index in [0.717, 1.165) is 28.1 Å². The van der Waals surface area contributed by atoms with Crippen LogP contribution in [-0.2, 0) is 6.42 Å². The number of hydrogen-bond acceptors (Lipinski definition) is 6. The van der Waals surface area contributed by atoms with Crippen molar-refractivity contribution in [1.29, 1.82) is 0 Å². The predicted molar refractivity (Wildman–Crippen MR) is 128 cm³/mol. The lowest BCUT2D eigenvalue weighted by Gasteiger charge is -2.21. The number of benzene rings is 1. The molecule has 176 valence electrons. The summed E-state index contributed by atoms with van der Waals surface area (Å²) in [7, 11) is 0. The predicted octanol–water partition coefficient (Wildman–Crippen LogP) is 6.66. The lowest BCUT2D eigenvalue weighted by molar-refractivity contribution is -0.0498. The number of amides is 1. The standard InChI is InChI=1S/C25H23F2N3O3S/c1-3-18-14-19(24(34-18)30-23(31)20-7-5-13-32-20)22(29-21-8-4-6-15(2)28-21)16-9-11-17(12-10-16)33-25(26)27/h4-14,22,25H,3H2,1-2H3,(H,28,29)(H,30,31)/t22-/m1/s1. The molecule has 4 aromatic rings. The van der Waals surface area contributed by atoms with Crippen molar-refractivity contribution in [3.05, 3.63) is 94.4 Å². The molecule has 0 bridgehead atoms. The number of rotatable bonds is 9. The Bertz CT molecular complexity index is 1240. The highest BCUT2D eigenvalue weighted by Gasteiger charge is 2.23. The number of aryl methyl sites for hydroxylation is 2. The minimum absolute atomic E-state index is 0.0668. The molecule has 0 unspecified atom stereocenters. The summed E-state index contributed by atoms with van der Waals surface area (Å²) < 4.78 is 35.0. The molecule has 0 saturated carbocycles. The smallest absolute Gasteiger partial charge is 0.387 e. The number of carbonyl (C=O) groups is 1. The molecule has 0 aliphatic heterocycles. The first kappa shape index (κ1) is 23.4. The van der Waals surface area contributed by atoms with Gasteiger partial charge in [0.25, 0.3) is 5.91 Å². The van der Waals surface area contributed by atoms with Gasteiger partial charge in [-0.15, -0.1) is 11.3 Å². The van der Waals surface area contributed by atoms with Crippen molar-refractivity contribution < 1.29 is 22.7 Å². The van der Waals surface area contributed by atoms with Crippen LogP contribution in [0.25, 0.3) is 0 Å². The van der Waals surface area contributed by atoms with Crippen LogP contribution in [0.3, 0.4) is 0 Å². The molecule has 1 amide bonds. The minimum atomic E-state index is -2.90. The molecule has 34 heavy (non-hydrogen) atoms. The Kier molecular flexibility index (Phi) is 7.22. The van der Waals surface area contributed by atoms with E-state index in [2.05, 4.69) is 20.4 Å². The third-order valence-electron chi connectivity index (χ3n) is 5.06. The van der Waals surface area contributed by atoms with Gasteiger partial charge in [0.05, 0.1) is 12.3 Å². The van der Waals surface area contributed by atoms with Gasteiger partial charge in [-0.25, -0.2) is 4.98 Å². The summed E-state index contributed by atoms with van der Waals surface area (Å²) in [6.07, 6.45) is 2.23. The Labute approximate surface area is 199 Å². The molecule has 1 atom stereocenters. The first-order valence-corrected chi connectivity index (χ1v) is 11.5. The third-order valence-corrected chi connectivity index (χ3v) is 6.27. The fourth-order valence-corrected chi connectivity index (χ4v) is 4.50. The maximum atomic E-state index is 12.7. The van der Waals surface area contributed by atoms with Crippen LogP contribution in [0, 0.1) is 6.92 Å². The van der Waals surface area contributed by atoms with Gasteiger partial charge >= 0.3 is 6.61 Å². The summed E-state index contributed by atoms with van der Waals surface area (Å²) in [5.74, 6) is 0.558. The van der Waals surface area contributed by atoms with E-state index < -0.39 is 12.7 Å². The number of alkyl halides is 2. The molecular formula is C25H23F2N3O3S. The second kappa shape index (κ2) is 10.5. The number of hydrogen-bond donors (Lipinski definition) is 2. The highest BCUT2D eigenvalue weighted by molar-refractivity contribution is 7.16. The number of anilines is 2. The molecule has 4 rings (SSSR count). The summed E-state index contributed by atoms with van der Waals surface area (Å²) in [6, 6.07) is 16.9. The van der Waals surface area contributed by atoms with Crippen LogP contribution in [0.2, 0.25) is 0 Å². The normalized spacial score (nSPS) is 11.9. The Morgan fingerprint density at radius 1 is 1.15 bits per heavy atom. The van der Waals surface area contributed by atoms with Crippen molar-refractivity contribution in [2.75, 3.05) is 10.6 Å². The molecule has 1 aromatic carbocycles. The molecule has 0 aliphatic rings. The van der Waals surface area contributed by atoms with Crippen molar-refractivity contribution in [1.82, 2.24) is 4.98 Å². The quantitative estimate of drug-likeness (QED) is 0.278. The molecule has 0 aliphatic carbocycles. The Balaban J connectivity index is 1.73. The van der Waals surface area contributed by atoms with Gasteiger partial charge in [-0.1, -0.05) is 25.1 Å². The lowest BCUT2D eigenvalue weighted by atomic mass is 9.99. The zero-order valence-electron chi connectivity index (χ0n) is 18.5. The largest absolute Gasteiger partial charge is 0.459 e. The maximum absolute atomic E-state index is 12.7. The fourth-order valence-electron chi connectivity index (χ4n) is 3.47. The number of nitrogens with one attached hydrogen (secondary N) is 2. The molecule has 3 aromatic heterocycles. The number of thiophene rings is 1. The number of aromatic nitrogens is 1. The number of halogens is 2. The zero-order valence-corrected chi connectivity index (χ0v) is 19.4. The molecular weight excluding hydrogens is 460 g/mol. The van der Waals surface area contributed by atoms with Crippen LogP contribution in [-0.4, -0.2) is 17.5 Å². The van der Waals surface area contributed by atoms with Gasteiger partial charge in [-0.05, 0) is 61.4 Å². The lowest BCUT2D eigenvalue weighted by Crippen LogP contribution is -2.17. The zero-order chi connectivity index (χ0) is 24.1. The summed E-state index contributed by atoms with van der Waals surface area (Å²) in [5, 5.41) is 7.05.